The molecule has 0 aromatic heterocycles. The van der Waals surface area contributed by atoms with Crippen molar-refractivity contribution in [1.29, 1.82) is 0 Å². The van der Waals surface area contributed by atoms with Crippen LogP contribution in [0.1, 0.15) is 24.2 Å². The third-order valence-corrected chi connectivity index (χ3v) is 2.98. The van der Waals surface area contributed by atoms with E-state index >= 15 is 0 Å². The molecule has 20 heavy (non-hydrogen) atoms. The summed E-state index contributed by atoms with van der Waals surface area (Å²) in [4.78, 5) is 0. The van der Waals surface area contributed by atoms with E-state index in [-0.39, 0.29) is 11.8 Å². The molecule has 2 unspecified atom stereocenters. The largest absolute Gasteiger partial charge is 0.484 e. The minimum Gasteiger partial charge on any atom is -0.484 e. The number of hydrogen-bond acceptors (Lipinski definition) is 2. The van der Waals surface area contributed by atoms with E-state index in [2.05, 4.69) is 0 Å². The van der Waals surface area contributed by atoms with Gasteiger partial charge in [-0.2, -0.15) is 0 Å². The van der Waals surface area contributed by atoms with Crippen molar-refractivity contribution < 1.29 is 13.5 Å². The SMILES string of the molecule is Cc1ccc(C(Oc2cc(F)cc(F)c2)C(C)N)cc1. The van der Waals surface area contributed by atoms with Crippen LogP contribution >= 0.6 is 0 Å². The molecule has 0 aliphatic carbocycles. The third-order valence-electron chi connectivity index (χ3n) is 2.98. The van der Waals surface area contributed by atoms with E-state index in [9.17, 15) is 8.78 Å². The zero-order chi connectivity index (χ0) is 14.7. The molecule has 2 aromatic rings. The van der Waals surface area contributed by atoms with Gasteiger partial charge in [0.05, 0.1) is 0 Å². The second kappa shape index (κ2) is 6.01. The van der Waals surface area contributed by atoms with Gasteiger partial charge in [-0.3, -0.25) is 0 Å². The van der Waals surface area contributed by atoms with Crippen LogP contribution in [0.4, 0.5) is 8.78 Å². The lowest BCUT2D eigenvalue weighted by Crippen LogP contribution is -2.29. The van der Waals surface area contributed by atoms with Gasteiger partial charge in [0.2, 0.25) is 0 Å². The van der Waals surface area contributed by atoms with Gasteiger partial charge in [0.15, 0.2) is 0 Å². The number of aryl methyl sites for hydroxylation is 1. The lowest BCUT2D eigenvalue weighted by atomic mass is 10.0. The smallest absolute Gasteiger partial charge is 0.138 e. The van der Waals surface area contributed by atoms with Crippen LogP contribution in [0.3, 0.4) is 0 Å². The fourth-order valence-electron chi connectivity index (χ4n) is 1.98. The summed E-state index contributed by atoms with van der Waals surface area (Å²) in [5.41, 5.74) is 7.91. The molecule has 0 bridgehead atoms. The van der Waals surface area contributed by atoms with Gasteiger partial charge in [-0.15, -0.1) is 0 Å². The van der Waals surface area contributed by atoms with Crippen LogP contribution in [0.2, 0.25) is 0 Å². The van der Waals surface area contributed by atoms with Gasteiger partial charge in [-0.1, -0.05) is 29.8 Å². The molecular formula is C16H17F2NO. The summed E-state index contributed by atoms with van der Waals surface area (Å²) in [6, 6.07) is 10.5. The molecule has 2 nitrogen and oxygen atoms in total. The topological polar surface area (TPSA) is 35.2 Å². The highest BCUT2D eigenvalue weighted by Gasteiger charge is 2.18. The van der Waals surface area contributed by atoms with E-state index in [1.165, 1.54) is 0 Å². The summed E-state index contributed by atoms with van der Waals surface area (Å²) in [5.74, 6) is -1.22. The van der Waals surface area contributed by atoms with Crippen LogP contribution < -0.4 is 10.5 Å². The Morgan fingerprint density at radius 2 is 1.55 bits per heavy atom. The quantitative estimate of drug-likeness (QED) is 0.924. The molecule has 4 heteroatoms. The molecule has 0 radical (unpaired) electrons. The maximum Gasteiger partial charge on any atom is 0.138 e. The van der Waals surface area contributed by atoms with E-state index in [0.717, 1.165) is 29.3 Å². The number of nitrogens with two attached hydrogens (primary N) is 1. The monoisotopic (exact) mass is 277 g/mol. The predicted octanol–water partition coefficient (Wildman–Crippen LogP) is 3.74. The van der Waals surface area contributed by atoms with Crippen molar-refractivity contribution in [2.75, 3.05) is 0 Å². The van der Waals surface area contributed by atoms with Gasteiger partial charge >= 0.3 is 0 Å². The lowest BCUT2D eigenvalue weighted by molar-refractivity contribution is 0.179. The van der Waals surface area contributed by atoms with Gasteiger partial charge < -0.3 is 10.5 Å². The summed E-state index contributed by atoms with van der Waals surface area (Å²) in [6.07, 6.45) is -0.461. The Bertz CT molecular complexity index is 561. The molecule has 0 aliphatic heterocycles. The number of ether oxygens (including phenoxy) is 1. The minimum absolute atomic E-state index is 0.130. The van der Waals surface area contributed by atoms with Crippen LogP contribution in [-0.2, 0) is 0 Å². The molecule has 0 heterocycles. The van der Waals surface area contributed by atoms with E-state index in [1.807, 2.05) is 31.2 Å². The zero-order valence-corrected chi connectivity index (χ0v) is 11.4. The first kappa shape index (κ1) is 14.5. The highest BCUT2D eigenvalue weighted by Crippen LogP contribution is 2.25. The number of halogens is 2. The molecule has 2 atom stereocenters. The fourth-order valence-corrected chi connectivity index (χ4v) is 1.98. The summed E-state index contributed by atoms with van der Waals surface area (Å²) in [5, 5.41) is 0. The van der Waals surface area contributed by atoms with E-state index in [1.54, 1.807) is 6.92 Å². The fraction of sp³-hybridized carbons (Fsp3) is 0.250. The Balaban J connectivity index is 2.27. The molecule has 0 spiro atoms. The number of benzene rings is 2. The summed E-state index contributed by atoms with van der Waals surface area (Å²) in [7, 11) is 0. The highest BCUT2D eigenvalue weighted by molar-refractivity contribution is 5.28. The zero-order valence-electron chi connectivity index (χ0n) is 11.4. The molecule has 0 amide bonds. The van der Waals surface area contributed by atoms with Crippen LogP contribution in [-0.4, -0.2) is 6.04 Å². The van der Waals surface area contributed by atoms with E-state index in [4.69, 9.17) is 10.5 Å². The second-order valence-electron chi connectivity index (χ2n) is 4.91. The van der Waals surface area contributed by atoms with Crippen LogP contribution in [0.5, 0.6) is 5.75 Å². The van der Waals surface area contributed by atoms with Gasteiger partial charge in [0, 0.05) is 24.2 Å². The van der Waals surface area contributed by atoms with Gasteiger partial charge in [0.1, 0.15) is 23.5 Å². The molecule has 2 aromatic carbocycles. The Morgan fingerprint density at radius 3 is 2.05 bits per heavy atom. The second-order valence-corrected chi connectivity index (χ2v) is 4.91. The highest BCUT2D eigenvalue weighted by atomic mass is 19.1. The molecule has 2 N–H and O–H groups in total. The summed E-state index contributed by atoms with van der Waals surface area (Å²) >= 11 is 0. The van der Waals surface area contributed by atoms with Crippen molar-refractivity contribution in [2.45, 2.75) is 26.0 Å². The first-order valence-electron chi connectivity index (χ1n) is 6.40. The lowest BCUT2D eigenvalue weighted by Gasteiger charge is -2.23. The van der Waals surface area contributed by atoms with E-state index < -0.39 is 17.7 Å². The Kier molecular flexibility index (Phi) is 4.35. The van der Waals surface area contributed by atoms with Crippen molar-refractivity contribution in [1.82, 2.24) is 0 Å². The standard InChI is InChI=1S/C16H17F2NO/c1-10-3-5-12(6-4-10)16(11(2)19)20-15-8-13(17)7-14(18)9-15/h3-9,11,16H,19H2,1-2H3. The first-order chi connectivity index (χ1) is 9.45. The molecule has 0 aliphatic rings. The Labute approximate surface area is 117 Å². The molecule has 106 valence electrons. The summed E-state index contributed by atoms with van der Waals surface area (Å²) in [6.45, 7) is 3.77. The van der Waals surface area contributed by atoms with Gasteiger partial charge in [-0.25, -0.2) is 8.78 Å². The average molecular weight is 277 g/mol. The maximum atomic E-state index is 13.2. The first-order valence-corrected chi connectivity index (χ1v) is 6.40. The molecule has 2 rings (SSSR count). The summed E-state index contributed by atoms with van der Waals surface area (Å²) < 4.78 is 32.0. The predicted molar refractivity (Wildman–Crippen MR) is 74.6 cm³/mol. The molecule has 0 saturated heterocycles. The molecular weight excluding hydrogens is 260 g/mol. The van der Waals surface area contributed by atoms with Gasteiger partial charge in [-0.05, 0) is 19.4 Å². The Hall–Kier alpha value is -1.94. The molecule has 0 saturated carbocycles. The van der Waals surface area contributed by atoms with Crippen molar-refractivity contribution >= 4 is 0 Å². The normalized spacial score (nSPS) is 13.8. The Morgan fingerprint density at radius 1 is 1.00 bits per heavy atom. The van der Waals surface area contributed by atoms with Crippen LogP contribution in [0, 0.1) is 18.6 Å². The number of rotatable bonds is 4. The van der Waals surface area contributed by atoms with Crippen LogP contribution in [0.25, 0.3) is 0 Å². The van der Waals surface area contributed by atoms with Crippen molar-refractivity contribution in [3.8, 4) is 5.75 Å². The van der Waals surface area contributed by atoms with E-state index in [0.29, 0.717) is 0 Å². The van der Waals surface area contributed by atoms with Gasteiger partial charge in [0.25, 0.3) is 0 Å². The third kappa shape index (κ3) is 3.54. The van der Waals surface area contributed by atoms with Crippen LogP contribution in [0.15, 0.2) is 42.5 Å². The average Bonchev–Trinajstić information content (AvgIpc) is 2.36. The minimum atomic E-state index is -0.674. The van der Waals surface area contributed by atoms with Crippen molar-refractivity contribution in [2.24, 2.45) is 5.73 Å². The maximum absolute atomic E-state index is 13.2. The molecule has 0 fully saturated rings. The van der Waals surface area contributed by atoms with Crippen molar-refractivity contribution in [3.63, 3.8) is 0 Å². The number of hydrogen-bond donors (Lipinski definition) is 1. The van der Waals surface area contributed by atoms with Crippen molar-refractivity contribution in [3.05, 3.63) is 65.2 Å².